The summed E-state index contributed by atoms with van der Waals surface area (Å²) in [6, 6.07) is 12.6. The maximum atomic E-state index is 11.7. The summed E-state index contributed by atoms with van der Waals surface area (Å²) in [6.45, 7) is 2.65. The van der Waals surface area contributed by atoms with Crippen LogP contribution >= 0.6 is 23.2 Å². The molecule has 2 aromatic carbocycles. The van der Waals surface area contributed by atoms with E-state index >= 15 is 0 Å². The summed E-state index contributed by atoms with van der Waals surface area (Å²) in [4.78, 5) is 11.7. The number of halogens is 2. The largest absolute Gasteiger partial charge is 0.492 e. The summed E-state index contributed by atoms with van der Waals surface area (Å²) in [6.07, 6.45) is 0. The molecule has 2 rings (SSSR count). The van der Waals surface area contributed by atoms with Crippen LogP contribution in [0.1, 0.15) is 5.56 Å². The van der Waals surface area contributed by atoms with E-state index < -0.39 is 0 Å². The molecule has 0 atom stereocenters. The maximum absolute atomic E-state index is 11.7. The number of hydrogen-bond donors (Lipinski definition) is 1. The smallest absolute Gasteiger partial charge is 0.258 e. The third-order valence-electron chi connectivity index (χ3n) is 2.94. The highest BCUT2D eigenvalue weighted by atomic mass is 35.5. The predicted molar refractivity (Wildman–Crippen MR) is 91.6 cm³/mol. The number of carbonyl (C=O) groups is 1. The number of amides is 1. The highest BCUT2D eigenvalue weighted by Crippen LogP contribution is 2.27. The van der Waals surface area contributed by atoms with Crippen LogP contribution in [0.2, 0.25) is 10.0 Å². The van der Waals surface area contributed by atoms with Gasteiger partial charge in [-0.3, -0.25) is 4.79 Å². The van der Waals surface area contributed by atoms with Crippen molar-refractivity contribution in [1.82, 2.24) is 5.32 Å². The van der Waals surface area contributed by atoms with Crippen molar-refractivity contribution < 1.29 is 14.3 Å². The minimum atomic E-state index is -0.246. The standard InChI is InChI=1S/C17H17Cl2NO3/c1-12-3-2-4-14(9-12)22-8-7-20-17(21)11-23-16-6-5-13(18)10-15(16)19/h2-6,9-10H,7-8,11H2,1H3,(H,20,21). The molecular weight excluding hydrogens is 337 g/mol. The highest BCUT2D eigenvalue weighted by Gasteiger charge is 2.06. The van der Waals surface area contributed by atoms with Gasteiger partial charge in [0.1, 0.15) is 18.1 Å². The second-order valence-electron chi connectivity index (χ2n) is 4.88. The number of rotatable bonds is 7. The van der Waals surface area contributed by atoms with Crippen LogP contribution in [0.15, 0.2) is 42.5 Å². The Labute approximate surface area is 145 Å². The van der Waals surface area contributed by atoms with Crippen molar-refractivity contribution >= 4 is 29.1 Å². The van der Waals surface area contributed by atoms with Gasteiger partial charge in [0.25, 0.3) is 5.91 Å². The molecule has 0 aliphatic rings. The highest BCUT2D eigenvalue weighted by molar-refractivity contribution is 6.35. The molecule has 2 aromatic rings. The molecular formula is C17H17Cl2NO3. The number of carbonyl (C=O) groups excluding carboxylic acids is 1. The Bertz CT molecular complexity index is 677. The summed E-state index contributed by atoms with van der Waals surface area (Å²) < 4.78 is 10.9. The molecule has 0 bridgehead atoms. The zero-order valence-electron chi connectivity index (χ0n) is 12.6. The Kier molecular flexibility index (Phi) is 6.56. The second-order valence-corrected chi connectivity index (χ2v) is 5.72. The molecule has 1 N–H and O–H groups in total. The van der Waals surface area contributed by atoms with E-state index in [9.17, 15) is 4.79 Å². The Morgan fingerprint density at radius 3 is 2.70 bits per heavy atom. The number of benzene rings is 2. The Balaban J connectivity index is 1.67. The van der Waals surface area contributed by atoms with Crippen molar-refractivity contribution in [3.05, 3.63) is 58.1 Å². The molecule has 0 saturated carbocycles. The minimum Gasteiger partial charge on any atom is -0.492 e. The third kappa shape index (κ3) is 6.00. The number of nitrogens with one attached hydrogen (secondary N) is 1. The van der Waals surface area contributed by atoms with Crippen molar-refractivity contribution in [3.63, 3.8) is 0 Å². The quantitative estimate of drug-likeness (QED) is 0.768. The number of aryl methyl sites for hydroxylation is 1. The SMILES string of the molecule is Cc1cccc(OCCNC(=O)COc2ccc(Cl)cc2Cl)c1. The van der Waals surface area contributed by atoms with Crippen LogP contribution in [0.5, 0.6) is 11.5 Å². The summed E-state index contributed by atoms with van der Waals surface area (Å²) in [5, 5.41) is 3.59. The first-order valence-electron chi connectivity index (χ1n) is 7.08. The summed E-state index contributed by atoms with van der Waals surface area (Å²) in [5.74, 6) is 0.953. The van der Waals surface area contributed by atoms with Gasteiger partial charge in [-0.25, -0.2) is 0 Å². The van der Waals surface area contributed by atoms with Gasteiger partial charge in [-0.2, -0.15) is 0 Å². The molecule has 0 fully saturated rings. The summed E-state index contributed by atoms with van der Waals surface area (Å²) in [7, 11) is 0. The second kappa shape index (κ2) is 8.65. The van der Waals surface area contributed by atoms with Crippen molar-refractivity contribution in [1.29, 1.82) is 0 Å². The average Bonchev–Trinajstić information content (AvgIpc) is 2.51. The van der Waals surface area contributed by atoms with Gasteiger partial charge in [0, 0.05) is 5.02 Å². The van der Waals surface area contributed by atoms with Gasteiger partial charge in [0.05, 0.1) is 11.6 Å². The monoisotopic (exact) mass is 353 g/mol. The molecule has 23 heavy (non-hydrogen) atoms. The van der Waals surface area contributed by atoms with E-state index in [-0.39, 0.29) is 12.5 Å². The van der Waals surface area contributed by atoms with Gasteiger partial charge in [-0.05, 0) is 42.8 Å². The van der Waals surface area contributed by atoms with Crippen LogP contribution in [-0.2, 0) is 4.79 Å². The van der Waals surface area contributed by atoms with E-state index in [0.717, 1.165) is 11.3 Å². The number of hydrogen-bond acceptors (Lipinski definition) is 3. The van der Waals surface area contributed by atoms with Crippen LogP contribution in [0, 0.1) is 6.92 Å². The fraction of sp³-hybridized carbons (Fsp3) is 0.235. The van der Waals surface area contributed by atoms with Crippen molar-refractivity contribution in [2.24, 2.45) is 0 Å². The Morgan fingerprint density at radius 1 is 1.13 bits per heavy atom. The first-order chi connectivity index (χ1) is 11.0. The normalized spacial score (nSPS) is 10.2. The van der Waals surface area contributed by atoms with Gasteiger partial charge in [-0.1, -0.05) is 35.3 Å². The van der Waals surface area contributed by atoms with Crippen molar-refractivity contribution in [2.45, 2.75) is 6.92 Å². The van der Waals surface area contributed by atoms with Crippen LogP contribution in [0.25, 0.3) is 0 Å². The van der Waals surface area contributed by atoms with E-state index in [1.165, 1.54) is 0 Å². The molecule has 0 aromatic heterocycles. The van der Waals surface area contributed by atoms with E-state index in [4.69, 9.17) is 32.7 Å². The molecule has 0 saturated heterocycles. The van der Waals surface area contributed by atoms with Crippen LogP contribution in [0.3, 0.4) is 0 Å². The van der Waals surface area contributed by atoms with E-state index in [1.807, 2.05) is 31.2 Å². The summed E-state index contributed by atoms with van der Waals surface area (Å²) in [5.41, 5.74) is 1.12. The molecule has 0 radical (unpaired) electrons. The number of ether oxygens (including phenoxy) is 2. The van der Waals surface area contributed by atoms with E-state index in [1.54, 1.807) is 18.2 Å². The molecule has 0 heterocycles. The van der Waals surface area contributed by atoms with E-state index in [2.05, 4.69) is 5.32 Å². The van der Waals surface area contributed by atoms with Crippen LogP contribution in [0.4, 0.5) is 0 Å². The lowest BCUT2D eigenvalue weighted by Crippen LogP contribution is -2.32. The lowest BCUT2D eigenvalue weighted by atomic mass is 10.2. The lowest BCUT2D eigenvalue weighted by molar-refractivity contribution is -0.123. The lowest BCUT2D eigenvalue weighted by Gasteiger charge is -2.10. The molecule has 0 unspecified atom stereocenters. The molecule has 4 nitrogen and oxygen atoms in total. The molecule has 6 heteroatoms. The molecule has 122 valence electrons. The minimum absolute atomic E-state index is 0.119. The first kappa shape index (κ1) is 17.4. The zero-order chi connectivity index (χ0) is 16.7. The fourth-order valence-electron chi connectivity index (χ4n) is 1.85. The summed E-state index contributed by atoms with van der Waals surface area (Å²) >= 11 is 11.8. The van der Waals surface area contributed by atoms with Crippen LogP contribution in [-0.4, -0.2) is 25.7 Å². The van der Waals surface area contributed by atoms with Gasteiger partial charge in [-0.15, -0.1) is 0 Å². The van der Waals surface area contributed by atoms with Crippen molar-refractivity contribution in [2.75, 3.05) is 19.8 Å². The average molecular weight is 354 g/mol. The zero-order valence-corrected chi connectivity index (χ0v) is 14.2. The van der Waals surface area contributed by atoms with Gasteiger partial charge < -0.3 is 14.8 Å². The van der Waals surface area contributed by atoms with Gasteiger partial charge in [0.15, 0.2) is 6.61 Å². The predicted octanol–water partition coefficient (Wildman–Crippen LogP) is 3.88. The Hall–Kier alpha value is -1.91. The molecule has 0 aliphatic heterocycles. The van der Waals surface area contributed by atoms with Crippen molar-refractivity contribution in [3.8, 4) is 11.5 Å². The molecule has 0 spiro atoms. The third-order valence-corrected chi connectivity index (χ3v) is 3.47. The Morgan fingerprint density at radius 2 is 1.96 bits per heavy atom. The maximum Gasteiger partial charge on any atom is 0.258 e. The fourth-order valence-corrected chi connectivity index (χ4v) is 2.31. The topological polar surface area (TPSA) is 47.6 Å². The first-order valence-corrected chi connectivity index (χ1v) is 7.84. The molecule has 0 aliphatic carbocycles. The van der Waals surface area contributed by atoms with Gasteiger partial charge in [0.2, 0.25) is 0 Å². The van der Waals surface area contributed by atoms with E-state index in [0.29, 0.717) is 28.9 Å². The molecule has 1 amide bonds. The van der Waals surface area contributed by atoms with Gasteiger partial charge >= 0.3 is 0 Å². The van der Waals surface area contributed by atoms with Crippen LogP contribution < -0.4 is 14.8 Å².